The zero-order chi connectivity index (χ0) is 24.5. The highest BCUT2D eigenvalue weighted by Gasteiger charge is 2.20. The van der Waals surface area contributed by atoms with Gasteiger partial charge in [-0.2, -0.15) is 5.01 Å². The van der Waals surface area contributed by atoms with Crippen LogP contribution >= 0.6 is 23.2 Å². The maximum Gasteiger partial charge on any atom is 0.0960 e. The van der Waals surface area contributed by atoms with E-state index in [1.54, 1.807) is 24.3 Å². The van der Waals surface area contributed by atoms with Crippen LogP contribution in [0.25, 0.3) is 28.1 Å². The highest BCUT2D eigenvalue weighted by molar-refractivity contribution is 6.30. The maximum absolute atomic E-state index is 12.1. The minimum atomic E-state index is -0.0117. The average Bonchev–Trinajstić information content (AvgIpc) is 2.85. The molecular formula is C27H21Cl2N5O. The molecule has 0 aromatic heterocycles. The van der Waals surface area contributed by atoms with Crippen LogP contribution in [0.2, 0.25) is 10.0 Å². The van der Waals surface area contributed by atoms with Crippen molar-refractivity contribution in [3.63, 3.8) is 0 Å². The van der Waals surface area contributed by atoms with Gasteiger partial charge in [-0.15, -0.1) is 4.91 Å². The molecule has 1 heterocycles. The Morgan fingerprint density at radius 2 is 1.54 bits per heavy atom. The number of halogens is 2. The Bertz CT molecular complexity index is 1560. The van der Waals surface area contributed by atoms with Crippen LogP contribution in [0.4, 0.5) is 11.4 Å². The molecule has 0 N–H and O–H groups in total. The molecule has 0 spiro atoms. The zero-order valence-electron chi connectivity index (χ0n) is 19.1. The standard InChI is InChI=1S/C27H21Cl2N5O/c1-17(2)30-24-15-26-23(16-27(24)34(32-35)21-13-9-19(29)10-14-21)31-22-5-3-4-6-25(22)33(26)20-11-7-18(28)8-12-20/h3-17H,1-2H3. The second-order valence-corrected chi connectivity index (χ2v) is 9.21. The van der Waals surface area contributed by atoms with Crippen molar-refractivity contribution in [1.82, 2.24) is 9.55 Å². The molecule has 0 unspecified atom stereocenters. The van der Waals surface area contributed by atoms with E-state index in [-0.39, 0.29) is 6.04 Å². The lowest BCUT2D eigenvalue weighted by molar-refractivity contribution is 0.802. The van der Waals surface area contributed by atoms with Crippen LogP contribution in [0, 0.1) is 4.91 Å². The molecule has 35 heavy (non-hydrogen) atoms. The summed E-state index contributed by atoms with van der Waals surface area (Å²) in [6.45, 7) is 3.97. The highest BCUT2D eigenvalue weighted by Crippen LogP contribution is 2.33. The smallest absolute Gasteiger partial charge is 0.0960 e. The van der Waals surface area contributed by atoms with Crippen molar-refractivity contribution in [3.05, 3.63) is 105 Å². The molecule has 0 bridgehead atoms. The van der Waals surface area contributed by atoms with Gasteiger partial charge in [-0.3, -0.25) is 4.99 Å². The molecule has 0 saturated carbocycles. The molecule has 6 nitrogen and oxygen atoms in total. The van der Waals surface area contributed by atoms with Crippen LogP contribution in [0.15, 0.2) is 95.2 Å². The first-order valence-electron chi connectivity index (χ1n) is 11.1. The summed E-state index contributed by atoms with van der Waals surface area (Å²) >= 11 is 12.2. The lowest BCUT2D eigenvalue weighted by Crippen LogP contribution is -2.21. The monoisotopic (exact) mass is 501 g/mol. The summed E-state index contributed by atoms with van der Waals surface area (Å²) < 4.78 is 2.12. The summed E-state index contributed by atoms with van der Waals surface area (Å²) in [6.07, 6.45) is 0. The number of rotatable bonds is 5. The van der Waals surface area contributed by atoms with E-state index in [9.17, 15) is 4.91 Å². The molecule has 1 aliphatic carbocycles. The molecular weight excluding hydrogens is 481 g/mol. The minimum absolute atomic E-state index is 0.0117. The predicted octanol–water partition coefficient (Wildman–Crippen LogP) is 7.57. The SMILES string of the molecule is CC(C)N=c1cc2n(-c3ccc(Cl)cc3)c3ccccc3nc-2cc1N(N=O)c1ccc(Cl)cc1. The molecule has 3 aromatic carbocycles. The van der Waals surface area contributed by atoms with Gasteiger partial charge in [-0.1, -0.05) is 35.3 Å². The summed E-state index contributed by atoms with van der Waals surface area (Å²) in [5.74, 6) is 0. The zero-order valence-corrected chi connectivity index (χ0v) is 20.6. The second-order valence-electron chi connectivity index (χ2n) is 8.33. The van der Waals surface area contributed by atoms with Crippen molar-refractivity contribution in [2.45, 2.75) is 19.9 Å². The largest absolute Gasteiger partial charge is 0.306 e. The lowest BCUT2D eigenvalue weighted by Gasteiger charge is -2.22. The first-order chi connectivity index (χ1) is 16.9. The van der Waals surface area contributed by atoms with Gasteiger partial charge in [0.1, 0.15) is 0 Å². The molecule has 1 aliphatic heterocycles. The van der Waals surface area contributed by atoms with Gasteiger partial charge in [-0.05, 0) is 86.6 Å². The van der Waals surface area contributed by atoms with Crippen molar-refractivity contribution >= 4 is 45.6 Å². The van der Waals surface area contributed by atoms with E-state index in [4.69, 9.17) is 33.2 Å². The fourth-order valence-corrected chi connectivity index (χ4v) is 4.31. The first kappa shape index (κ1) is 23.0. The van der Waals surface area contributed by atoms with E-state index in [1.165, 1.54) is 5.01 Å². The first-order valence-corrected chi connectivity index (χ1v) is 11.8. The van der Waals surface area contributed by atoms with E-state index >= 15 is 0 Å². The van der Waals surface area contributed by atoms with Crippen molar-refractivity contribution in [1.29, 1.82) is 0 Å². The summed E-state index contributed by atoms with van der Waals surface area (Å²) in [5, 5.41) is 6.49. The third-order valence-corrected chi connectivity index (χ3v) is 6.04. The van der Waals surface area contributed by atoms with Gasteiger partial charge in [0.05, 0.1) is 44.4 Å². The molecule has 3 aromatic rings. The third kappa shape index (κ3) is 4.50. The van der Waals surface area contributed by atoms with Gasteiger partial charge >= 0.3 is 0 Å². The quantitative estimate of drug-likeness (QED) is 0.142. The Morgan fingerprint density at radius 3 is 2.20 bits per heavy atom. The molecule has 5 rings (SSSR count). The minimum Gasteiger partial charge on any atom is -0.306 e. The van der Waals surface area contributed by atoms with Gasteiger partial charge in [-0.25, -0.2) is 4.98 Å². The number of hydrogen-bond acceptors (Lipinski definition) is 4. The fourth-order valence-electron chi connectivity index (χ4n) is 4.06. The Kier molecular flexibility index (Phi) is 6.24. The number of nitrogens with zero attached hydrogens (tertiary/aromatic N) is 5. The van der Waals surface area contributed by atoms with Crippen LogP contribution in [-0.2, 0) is 0 Å². The fraction of sp³-hybridized carbons (Fsp3) is 0.111. The summed E-state index contributed by atoms with van der Waals surface area (Å²) in [4.78, 5) is 21.8. The molecule has 174 valence electrons. The Labute approximate surface area is 212 Å². The number of aromatic nitrogens is 2. The second kappa shape index (κ2) is 9.49. The van der Waals surface area contributed by atoms with Crippen molar-refractivity contribution in [2.75, 3.05) is 5.01 Å². The van der Waals surface area contributed by atoms with Crippen LogP contribution < -0.4 is 10.4 Å². The Morgan fingerprint density at radius 1 is 0.886 bits per heavy atom. The van der Waals surface area contributed by atoms with Crippen LogP contribution in [-0.4, -0.2) is 15.6 Å². The van der Waals surface area contributed by atoms with Crippen LogP contribution in [0.3, 0.4) is 0 Å². The van der Waals surface area contributed by atoms with Gasteiger partial charge in [0.15, 0.2) is 0 Å². The molecule has 0 saturated heterocycles. The number of anilines is 2. The number of benzene rings is 4. The van der Waals surface area contributed by atoms with Crippen LogP contribution in [0.1, 0.15) is 13.8 Å². The number of nitroso groups, excluding NO2 is 1. The molecule has 0 radical (unpaired) electrons. The molecule has 0 amide bonds. The lowest BCUT2D eigenvalue weighted by atomic mass is 10.1. The van der Waals surface area contributed by atoms with Gasteiger partial charge in [0.2, 0.25) is 0 Å². The topological polar surface area (TPSA) is 62.9 Å². The average molecular weight is 502 g/mol. The summed E-state index contributed by atoms with van der Waals surface area (Å²) in [6, 6.07) is 26.3. The van der Waals surface area contributed by atoms with E-state index in [1.807, 2.05) is 74.5 Å². The van der Waals surface area contributed by atoms with Gasteiger partial charge in [0, 0.05) is 21.8 Å². The summed E-state index contributed by atoms with van der Waals surface area (Å²) in [7, 11) is 0. The normalized spacial score (nSPS) is 12.0. The molecule has 2 aliphatic rings. The summed E-state index contributed by atoms with van der Waals surface area (Å²) in [5.41, 5.74) is 5.34. The van der Waals surface area contributed by atoms with Crippen molar-refractivity contribution in [3.8, 4) is 17.1 Å². The Balaban J connectivity index is 1.86. The Hall–Kier alpha value is -3.74. The van der Waals surface area contributed by atoms with E-state index < -0.39 is 0 Å². The third-order valence-electron chi connectivity index (χ3n) is 5.54. The maximum atomic E-state index is 12.1. The predicted molar refractivity (Wildman–Crippen MR) is 143 cm³/mol. The van der Waals surface area contributed by atoms with E-state index in [2.05, 4.69) is 9.85 Å². The van der Waals surface area contributed by atoms with Gasteiger partial charge < -0.3 is 4.57 Å². The molecule has 0 atom stereocenters. The number of para-hydroxylation sites is 2. The van der Waals surface area contributed by atoms with E-state index in [0.717, 1.165) is 22.4 Å². The van der Waals surface area contributed by atoms with Gasteiger partial charge in [0.25, 0.3) is 0 Å². The van der Waals surface area contributed by atoms with Crippen molar-refractivity contribution < 1.29 is 0 Å². The highest BCUT2D eigenvalue weighted by atomic mass is 35.5. The molecule has 8 heteroatoms. The number of fused-ring (bicyclic) bond motifs is 2. The van der Waals surface area contributed by atoms with Crippen molar-refractivity contribution in [2.24, 2.45) is 10.3 Å². The van der Waals surface area contributed by atoms with Crippen LogP contribution in [0.5, 0.6) is 0 Å². The molecule has 0 fully saturated rings. The van der Waals surface area contributed by atoms with E-state index in [0.29, 0.717) is 32.5 Å². The number of hydrogen-bond donors (Lipinski definition) is 0.